The smallest absolute Gasteiger partial charge is 0.155 e. The Labute approximate surface area is 75.9 Å². The number of aryl methyl sites for hydroxylation is 1. The quantitative estimate of drug-likeness (QED) is 0.737. The maximum Gasteiger partial charge on any atom is 0.155 e. The molecule has 13 heavy (non-hydrogen) atoms. The molecule has 0 aliphatic heterocycles. The Hall–Kier alpha value is -1.42. The van der Waals surface area contributed by atoms with Crippen LogP contribution in [0.5, 0.6) is 0 Å². The summed E-state index contributed by atoms with van der Waals surface area (Å²) in [6, 6.07) is 0. The van der Waals surface area contributed by atoms with Gasteiger partial charge in [-0.1, -0.05) is 6.92 Å². The number of aliphatic hydroxyl groups is 1. The lowest BCUT2D eigenvalue weighted by Crippen LogP contribution is -1.95. The molecule has 0 aromatic carbocycles. The second kappa shape index (κ2) is 3.14. The highest BCUT2D eigenvalue weighted by Crippen LogP contribution is 2.11. The van der Waals surface area contributed by atoms with Gasteiger partial charge in [-0.25, -0.2) is 4.98 Å². The largest absolute Gasteiger partial charge is 0.390 e. The first-order chi connectivity index (χ1) is 6.36. The first-order valence-electron chi connectivity index (χ1n) is 4.27. The molecule has 0 spiro atoms. The van der Waals surface area contributed by atoms with Crippen LogP contribution in [0.15, 0.2) is 18.6 Å². The monoisotopic (exact) mass is 177 g/mol. The van der Waals surface area contributed by atoms with Crippen molar-refractivity contribution in [3.8, 4) is 0 Å². The molecule has 0 saturated carbocycles. The highest BCUT2D eigenvalue weighted by atomic mass is 16.3. The zero-order chi connectivity index (χ0) is 9.26. The average molecular weight is 177 g/mol. The number of rotatable bonds is 2. The van der Waals surface area contributed by atoms with Gasteiger partial charge in [0, 0.05) is 12.4 Å². The van der Waals surface area contributed by atoms with E-state index in [-0.39, 0.29) is 6.61 Å². The molecule has 4 nitrogen and oxygen atoms in total. The summed E-state index contributed by atoms with van der Waals surface area (Å²) in [6.45, 7) is 2.04. The van der Waals surface area contributed by atoms with E-state index in [4.69, 9.17) is 5.11 Å². The first-order valence-corrected chi connectivity index (χ1v) is 4.27. The van der Waals surface area contributed by atoms with Crippen LogP contribution in [-0.2, 0) is 13.0 Å². The number of hydrogen-bond acceptors (Lipinski definition) is 3. The summed E-state index contributed by atoms with van der Waals surface area (Å²) in [6.07, 6.45) is 6.02. The van der Waals surface area contributed by atoms with Crippen molar-refractivity contribution in [1.29, 1.82) is 0 Å². The number of hydrogen-bond donors (Lipinski definition) is 1. The van der Waals surface area contributed by atoms with E-state index in [0.29, 0.717) is 0 Å². The Kier molecular flexibility index (Phi) is 1.98. The third-order valence-electron chi connectivity index (χ3n) is 2.10. The summed E-state index contributed by atoms with van der Waals surface area (Å²) in [4.78, 5) is 8.31. The van der Waals surface area contributed by atoms with Gasteiger partial charge in [0.05, 0.1) is 24.2 Å². The van der Waals surface area contributed by atoms with E-state index in [0.717, 1.165) is 23.5 Å². The second-order valence-corrected chi connectivity index (χ2v) is 2.82. The Balaban J connectivity index is 2.73. The van der Waals surface area contributed by atoms with Crippen molar-refractivity contribution in [3.63, 3.8) is 0 Å². The minimum absolute atomic E-state index is 0.0222. The number of aliphatic hydroxyl groups excluding tert-OH is 1. The molecule has 2 aromatic rings. The van der Waals surface area contributed by atoms with E-state index in [1.54, 1.807) is 12.4 Å². The third kappa shape index (κ3) is 1.19. The van der Waals surface area contributed by atoms with Crippen molar-refractivity contribution in [2.24, 2.45) is 0 Å². The predicted octanol–water partition coefficient (Wildman–Crippen LogP) is 0.784. The zero-order valence-electron chi connectivity index (χ0n) is 7.44. The van der Waals surface area contributed by atoms with Crippen molar-refractivity contribution >= 4 is 5.65 Å². The van der Waals surface area contributed by atoms with Crippen LogP contribution in [0.1, 0.15) is 18.3 Å². The summed E-state index contributed by atoms with van der Waals surface area (Å²) in [7, 11) is 0. The number of aromatic nitrogens is 3. The molecular weight excluding hydrogens is 166 g/mol. The summed E-state index contributed by atoms with van der Waals surface area (Å²) < 4.78 is 1.87. The van der Waals surface area contributed by atoms with Crippen molar-refractivity contribution in [2.45, 2.75) is 20.0 Å². The van der Waals surface area contributed by atoms with Gasteiger partial charge in [-0.2, -0.15) is 0 Å². The Bertz CT molecular complexity index is 422. The molecule has 0 aliphatic rings. The Morgan fingerprint density at radius 3 is 3.08 bits per heavy atom. The van der Waals surface area contributed by atoms with Gasteiger partial charge < -0.3 is 5.11 Å². The van der Waals surface area contributed by atoms with Crippen molar-refractivity contribution in [2.75, 3.05) is 0 Å². The third-order valence-corrected chi connectivity index (χ3v) is 2.10. The predicted molar refractivity (Wildman–Crippen MR) is 48.3 cm³/mol. The van der Waals surface area contributed by atoms with E-state index < -0.39 is 0 Å². The zero-order valence-corrected chi connectivity index (χ0v) is 7.44. The van der Waals surface area contributed by atoms with Gasteiger partial charge in [0.1, 0.15) is 0 Å². The van der Waals surface area contributed by atoms with Crippen molar-refractivity contribution < 1.29 is 5.11 Å². The standard InChI is InChI=1S/C9H11N3O/c1-2-7-8(6-13)12-4-3-10-5-9(12)11-7/h3-5,13H,2,6H2,1H3. The van der Waals surface area contributed by atoms with E-state index in [1.165, 1.54) is 0 Å². The number of imidazole rings is 1. The Morgan fingerprint density at radius 1 is 1.54 bits per heavy atom. The molecule has 0 amide bonds. The molecule has 4 heteroatoms. The highest BCUT2D eigenvalue weighted by Gasteiger charge is 2.08. The highest BCUT2D eigenvalue weighted by molar-refractivity contribution is 5.40. The molecule has 2 heterocycles. The molecule has 1 N–H and O–H groups in total. The van der Waals surface area contributed by atoms with E-state index >= 15 is 0 Å². The van der Waals surface area contributed by atoms with Crippen LogP contribution in [0.4, 0.5) is 0 Å². The van der Waals surface area contributed by atoms with E-state index in [2.05, 4.69) is 9.97 Å². The molecule has 0 unspecified atom stereocenters. The molecule has 0 fully saturated rings. The van der Waals surface area contributed by atoms with Crippen LogP contribution < -0.4 is 0 Å². The molecule has 2 rings (SSSR count). The summed E-state index contributed by atoms with van der Waals surface area (Å²) in [5, 5.41) is 9.16. The lowest BCUT2D eigenvalue weighted by molar-refractivity contribution is 0.274. The van der Waals surface area contributed by atoms with Crippen molar-refractivity contribution in [3.05, 3.63) is 30.0 Å². The fourth-order valence-corrected chi connectivity index (χ4v) is 1.46. The molecule has 0 atom stereocenters. The van der Waals surface area contributed by atoms with Crippen LogP contribution in [0, 0.1) is 0 Å². The van der Waals surface area contributed by atoms with Gasteiger partial charge in [-0.3, -0.25) is 9.38 Å². The van der Waals surface area contributed by atoms with Gasteiger partial charge in [-0.15, -0.1) is 0 Å². The lowest BCUT2D eigenvalue weighted by Gasteiger charge is -1.97. The summed E-state index contributed by atoms with van der Waals surface area (Å²) in [5.41, 5.74) is 2.60. The topological polar surface area (TPSA) is 50.4 Å². The first kappa shape index (κ1) is 8.19. The fourth-order valence-electron chi connectivity index (χ4n) is 1.46. The maximum atomic E-state index is 9.16. The lowest BCUT2D eigenvalue weighted by atomic mass is 10.3. The van der Waals surface area contributed by atoms with Gasteiger partial charge in [0.25, 0.3) is 0 Å². The van der Waals surface area contributed by atoms with Crippen LogP contribution in [0.25, 0.3) is 5.65 Å². The molecule has 0 bridgehead atoms. The van der Waals surface area contributed by atoms with Gasteiger partial charge in [0.2, 0.25) is 0 Å². The fraction of sp³-hybridized carbons (Fsp3) is 0.333. The molecule has 0 saturated heterocycles. The van der Waals surface area contributed by atoms with Crippen LogP contribution in [0.2, 0.25) is 0 Å². The van der Waals surface area contributed by atoms with Gasteiger partial charge in [-0.05, 0) is 6.42 Å². The van der Waals surface area contributed by atoms with Crippen molar-refractivity contribution in [1.82, 2.24) is 14.4 Å². The summed E-state index contributed by atoms with van der Waals surface area (Å²) in [5.74, 6) is 0. The van der Waals surface area contributed by atoms with Crippen LogP contribution >= 0.6 is 0 Å². The Morgan fingerprint density at radius 2 is 2.38 bits per heavy atom. The minimum atomic E-state index is 0.0222. The maximum absolute atomic E-state index is 9.16. The molecule has 68 valence electrons. The van der Waals surface area contributed by atoms with E-state index in [1.807, 2.05) is 17.5 Å². The summed E-state index contributed by atoms with van der Waals surface area (Å²) >= 11 is 0. The average Bonchev–Trinajstić information content (AvgIpc) is 2.55. The van der Waals surface area contributed by atoms with Crippen LogP contribution in [-0.4, -0.2) is 19.5 Å². The molecular formula is C9H11N3O. The normalized spacial score (nSPS) is 10.9. The molecule has 0 aliphatic carbocycles. The second-order valence-electron chi connectivity index (χ2n) is 2.82. The van der Waals surface area contributed by atoms with Crippen LogP contribution in [0.3, 0.4) is 0 Å². The minimum Gasteiger partial charge on any atom is -0.390 e. The SMILES string of the molecule is CCc1nc2cnccn2c1CO. The number of nitrogens with zero attached hydrogens (tertiary/aromatic N) is 3. The van der Waals surface area contributed by atoms with Gasteiger partial charge in [0.15, 0.2) is 5.65 Å². The molecule has 0 radical (unpaired) electrons. The molecule has 2 aromatic heterocycles. The van der Waals surface area contributed by atoms with E-state index in [9.17, 15) is 0 Å². The number of fused-ring (bicyclic) bond motifs is 1. The van der Waals surface area contributed by atoms with Gasteiger partial charge >= 0.3 is 0 Å².